The predicted octanol–water partition coefficient (Wildman–Crippen LogP) is 2.86. The summed E-state index contributed by atoms with van der Waals surface area (Å²) in [6.45, 7) is 0.758. The largest absolute Gasteiger partial charge is 0.335 e. The van der Waals surface area contributed by atoms with E-state index < -0.39 is 28.5 Å². The molecule has 28 heavy (non-hydrogen) atoms. The van der Waals surface area contributed by atoms with Gasteiger partial charge in [-0.25, -0.2) is 13.6 Å². The lowest BCUT2D eigenvalue weighted by atomic mass is 10.1. The van der Waals surface area contributed by atoms with Gasteiger partial charge >= 0.3 is 6.03 Å². The molecule has 146 valence electrons. The lowest BCUT2D eigenvalue weighted by Crippen LogP contribution is -2.51. The smallest absolute Gasteiger partial charge is 0.321 e. The third kappa shape index (κ3) is 4.22. The van der Waals surface area contributed by atoms with Gasteiger partial charge in [-0.05, 0) is 30.3 Å². The van der Waals surface area contributed by atoms with E-state index in [0.717, 1.165) is 18.2 Å². The molecular weight excluding hydrogens is 374 g/mol. The Morgan fingerprint density at radius 1 is 0.964 bits per heavy atom. The highest BCUT2D eigenvalue weighted by Gasteiger charge is 2.26. The van der Waals surface area contributed by atoms with Crippen LogP contribution in [0.4, 0.5) is 25.0 Å². The van der Waals surface area contributed by atoms with E-state index in [1.165, 1.54) is 34.1 Å². The minimum Gasteiger partial charge on any atom is -0.335 e. The summed E-state index contributed by atoms with van der Waals surface area (Å²) in [5.41, 5.74) is -0.0329. The summed E-state index contributed by atoms with van der Waals surface area (Å²) in [6.07, 6.45) is 0. The molecule has 2 aromatic rings. The number of anilines is 1. The molecule has 0 radical (unpaired) electrons. The van der Waals surface area contributed by atoms with Crippen molar-refractivity contribution in [2.45, 2.75) is 0 Å². The second-order valence-corrected chi connectivity index (χ2v) is 6.14. The van der Waals surface area contributed by atoms with Crippen molar-refractivity contribution in [3.8, 4) is 0 Å². The molecule has 1 aliphatic rings. The first kappa shape index (κ1) is 19.2. The van der Waals surface area contributed by atoms with Crippen LogP contribution in [0.2, 0.25) is 0 Å². The lowest BCUT2D eigenvalue weighted by Gasteiger charge is -2.34. The molecule has 8 nitrogen and oxygen atoms in total. The fourth-order valence-corrected chi connectivity index (χ4v) is 2.81. The highest BCUT2D eigenvalue weighted by Crippen LogP contribution is 2.17. The van der Waals surface area contributed by atoms with Crippen LogP contribution in [0.5, 0.6) is 0 Å². The molecule has 3 rings (SSSR count). The Labute approximate surface area is 158 Å². The first-order chi connectivity index (χ1) is 13.3. The van der Waals surface area contributed by atoms with E-state index in [-0.39, 0.29) is 37.4 Å². The van der Waals surface area contributed by atoms with Gasteiger partial charge in [0, 0.05) is 44.0 Å². The molecule has 1 aliphatic heterocycles. The van der Waals surface area contributed by atoms with E-state index in [1.54, 1.807) is 0 Å². The Kier molecular flexibility index (Phi) is 5.48. The number of urea groups is 1. The molecule has 0 bridgehead atoms. The number of nitro groups is 1. The van der Waals surface area contributed by atoms with Crippen molar-refractivity contribution in [3.63, 3.8) is 0 Å². The number of hydrogen-bond donors (Lipinski definition) is 1. The number of rotatable bonds is 3. The number of amides is 3. The number of nitrogens with one attached hydrogen (secondary N) is 1. The molecule has 0 atom stereocenters. The topological polar surface area (TPSA) is 95.8 Å². The number of carbonyl (C=O) groups excluding carboxylic acids is 2. The third-order valence-corrected chi connectivity index (χ3v) is 4.34. The van der Waals surface area contributed by atoms with Crippen LogP contribution in [0, 0.1) is 21.7 Å². The Morgan fingerprint density at radius 2 is 1.57 bits per heavy atom. The Morgan fingerprint density at radius 3 is 2.18 bits per heavy atom. The summed E-state index contributed by atoms with van der Waals surface area (Å²) in [6, 6.07) is 7.66. The molecule has 0 saturated carbocycles. The number of piperazine rings is 1. The monoisotopic (exact) mass is 390 g/mol. The van der Waals surface area contributed by atoms with E-state index in [9.17, 15) is 28.5 Å². The van der Waals surface area contributed by atoms with Crippen LogP contribution in [0.3, 0.4) is 0 Å². The average Bonchev–Trinajstić information content (AvgIpc) is 2.69. The van der Waals surface area contributed by atoms with Crippen molar-refractivity contribution in [3.05, 3.63) is 69.8 Å². The summed E-state index contributed by atoms with van der Waals surface area (Å²) >= 11 is 0. The first-order valence-electron chi connectivity index (χ1n) is 8.40. The maximum Gasteiger partial charge on any atom is 0.321 e. The molecule has 0 aliphatic carbocycles. The minimum atomic E-state index is -0.801. The molecule has 0 spiro atoms. The fourth-order valence-electron chi connectivity index (χ4n) is 2.81. The summed E-state index contributed by atoms with van der Waals surface area (Å²) in [5, 5.41) is 13.3. The van der Waals surface area contributed by atoms with Gasteiger partial charge in [-0.15, -0.1) is 0 Å². The molecule has 1 saturated heterocycles. The second kappa shape index (κ2) is 7.99. The maximum atomic E-state index is 13.8. The molecule has 1 heterocycles. The molecule has 0 unspecified atom stereocenters. The van der Waals surface area contributed by atoms with Gasteiger partial charge in [0.25, 0.3) is 11.6 Å². The van der Waals surface area contributed by atoms with E-state index in [4.69, 9.17) is 0 Å². The van der Waals surface area contributed by atoms with Crippen molar-refractivity contribution in [2.75, 3.05) is 31.5 Å². The van der Waals surface area contributed by atoms with Gasteiger partial charge < -0.3 is 15.1 Å². The number of halogens is 2. The van der Waals surface area contributed by atoms with Crippen molar-refractivity contribution in [2.24, 2.45) is 0 Å². The molecule has 1 N–H and O–H groups in total. The zero-order chi connectivity index (χ0) is 20.3. The van der Waals surface area contributed by atoms with Gasteiger partial charge in [0.2, 0.25) is 0 Å². The number of non-ortho nitro benzene ring substituents is 1. The van der Waals surface area contributed by atoms with Crippen molar-refractivity contribution in [1.82, 2.24) is 9.80 Å². The van der Waals surface area contributed by atoms with E-state index in [0.29, 0.717) is 5.69 Å². The number of benzene rings is 2. The fraction of sp³-hybridized carbons (Fsp3) is 0.222. The molecule has 2 aromatic carbocycles. The zero-order valence-electron chi connectivity index (χ0n) is 14.6. The standard InChI is InChI=1S/C18H16F2N4O4/c19-12-1-6-16(20)15(11-12)17(25)22-7-9-23(10-8-22)18(26)21-13-2-4-14(5-3-13)24(27)28/h1-6,11H,7-10H2,(H,21,26). The van der Waals surface area contributed by atoms with Crippen LogP contribution in [-0.4, -0.2) is 52.8 Å². The van der Waals surface area contributed by atoms with E-state index >= 15 is 0 Å². The van der Waals surface area contributed by atoms with Gasteiger partial charge in [0.05, 0.1) is 10.5 Å². The molecular formula is C18H16F2N4O4. The Hall–Kier alpha value is -3.56. The summed E-state index contributed by atoms with van der Waals surface area (Å²) in [4.78, 5) is 37.6. The number of carbonyl (C=O) groups is 2. The second-order valence-electron chi connectivity index (χ2n) is 6.14. The van der Waals surface area contributed by atoms with Gasteiger partial charge in [0.1, 0.15) is 11.6 Å². The maximum absolute atomic E-state index is 13.8. The number of hydrogen-bond acceptors (Lipinski definition) is 4. The number of nitrogens with zero attached hydrogens (tertiary/aromatic N) is 3. The Balaban J connectivity index is 1.57. The molecule has 1 fully saturated rings. The minimum absolute atomic E-state index is 0.0882. The van der Waals surface area contributed by atoms with Crippen molar-refractivity contribution >= 4 is 23.3 Å². The average molecular weight is 390 g/mol. The Bertz CT molecular complexity index is 912. The highest BCUT2D eigenvalue weighted by molar-refractivity contribution is 5.95. The van der Waals surface area contributed by atoms with Gasteiger partial charge in [0.15, 0.2) is 0 Å². The first-order valence-corrected chi connectivity index (χ1v) is 8.40. The van der Waals surface area contributed by atoms with Gasteiger partial charge in [-0.1, -0.05) is 0 Å². The van der Waals surface area contributed by atoms with Crippen LogP contribution < -0.4 is 5.32 Å². The van der Waals surface area contributed by atoms with Crippen molar-refractivity contribution < 1.29 is 23.3 Å². The highest BCUT2D eigenvalue weighted by atomic mass is 19.1. The van der Waals surface area contributed by atoms with Gasteiger partial charge in [-0.2, -0.15) is 0 Å². The summed E-state index contributed by atoms with van der Waals surface area (Å²) in [5.74, 6) is -2.14. The van der Waals surface area contributed by atoms with Crippen LogP contribution in [0.15, 0.2) is 42.5 Å². The third-order valence-electron chi connectivity index (χ3n) is 4.34. The lowest BCUT2D eigenvalue weighted by molar-refractivity contribution is -0.384. The van der Waals surface area contributed by atoms with E-state index in [1.807, 2.05) is 0 Å². The van der Waals surface area contributed by atoms with Crippen molar-refractivity contribution in [1.29, 1.82) is 0 Å². The summed E-state index contributed by atoms with van der Waals surface area (Å²) < 4.78 is 27.1. The van der Waals surface area contributed by atoms with E-state index in [2.05, 4.69) is 5.32 Å². The molecule has 10 heteroatoms. The van der Waals surface area contributed by atoms with Crippen LogP contribution in [-0.2, 0) is 0 Å². The quantitative estimate of drug-likeness (QED) is 0.644. The SMILES string of the molecule is O=C(Nc1ccc([N+](=O)[O-])cc1)N1CCN(C(=O)c2cc(F)ccc2F)CC1. The van der Waals surface area contributed by atoms with Crippen LogP contribution in [0.25, 0.3) is 0 Å². The predicted molar refractivity (Wildman–Crippen MR) is 95.9 cm³/mol. The number of nitro benzene ring substituents is 1. The normalized spacial score (nSPS) is 13.9. The van der Waals surface area contributed by atoms with Crippen LogP contribution in [0.1, 0.15) is 10.4 Å². The molecule has 0 aromatic heterocycles. The van der Waals surface area contributed by atoms with Crippen LogP contribution >= 0.6 is 0 Å². The van der Waals surface area contributed by atoms with Gasteiger partial charge in [-0.3, -0.25) is 14.9 Å². The summed E-state index contributed by atoms with van der Waals surface area (Å²) in [7, 11) is 0. The zero-order valence-corrected chi connectivity index (χ0v) is 14.6. The molecule has 3 amide bonds.